The number of rotatable bonds is 3. The number of thioether (sulfide) groups is 1. The van der Waals surface area contributed by atoms with Crippen molar-refractivity contribution in [1.29, 1.82) is 0 Å². The van der Waals surface area contributed by atoms with Gasteiger partial charge in [0.1, 0.15) is 0 Å². The molecule has 0 saturated carbocycles. The van der Waals surface area contributed by atoms with Crippen LogP contribution in [0.3, 0.4) is 0 Å². The molecule has 4 rings (SSSR count). The third kappa shape index (κ3) is 2.87. The summed E-state index contributed by atoms with van der Waals surface area (Å²) in [6, 6.07) is 10.6. The Labute approximate surface area is 130 Å². The Morgan fingerprint density at radius 2 is 1.95 bits per heavy atom. The maximum Gasteiger partial charge on any atom is 0.173 e. The van der Waals surface area contributed by atoms with Gasteiger partial charge < -0.3 is 14.2 Å². The van der Waals surface area contributed by atoms with Crippen molar-refractivity contribution in [3.05, 3.63) is 30.3 Å². The van der Waals surface area contributed by atoms with Crippen LogP contribution in [0.15, 0.2) is 35.2 Å². The number of benzene rings is 1. The van der Waals surface area contributed by atoms with E-state index in [0.717, 1.165) is 44.6 Å². The molecule has 3 heterocycles. The van der Waals surface area contributed by atoms with E-state index in [1.165, 1.54) is 11.3 Å². The van der Waals surface area contributed by atoms with Crippen molar-refractivity contribution in [2.24, 2.45) is 0 Å². The van der Waals surface area contributed by atoms with Crippen molar-refractivity contribution < 1.29 is 14.2 Å². The third-order valence-electron chi connectivity index (χ3n) is 4.76. The molecule has 3 aliphatic heterocycles. The lowest BCUT2D eigenvalue weighted by atomic mass is 9.79. The van der Waals surface area contributed by atoms with Crippen molar-refractivity contribution in [3.63, 3.8) is 0 Å². The highest BCUT2D eigenvalue weighted by molar-refractivity contribution is 7.99. The first kappa shape index (κ1) is 14.1. The van der Waals surface area contributed by atoms with E-state index in [-0.39, 0.29) is 11.4 Å². The van der Waals surface area contributed by atoms with Gasteiger partial charge >= 0.3 is 0 Å². The van der Waals surface area contributed by atoms with Gasteiger partial charge in [0, 0.05) is 23.5 Å². The predicted molar refractivity (Wildman–Crippen MR) is 82.5 cm³/mol. The van der Waals surface area contributed by atoms with Crippen molar-refractivity contribution in [2.75, 3.05) is 19.0 Å². The monoisotopic (exact) mass is 306 g/mol. The van der Waals surface area contributed by atoms with Gasteiger partial charge in [-0.05, 0) is 31.4 Å². The standard InChI is InChI=1S/C17H22O3S/c1-2-6-15(7-3-1)21-13-16-8-4-5-14(20-16)11-17(12-16)18-9-10-19-17/h1-3,6-7,14H,4-5,8-13H2/t14-,16+/m1/s1. The zero-order valence-corrected chi connectivity index (χ0v) is 13.1. The van der Waals surface area contributed by atoms with Crippen LogP contribution in [0.1, 0.15) is 32.1 Å². The highest BCUT2D eigenvalue weighted by Crippen LogP contribution is 2.49. The summed E-state index contributed by atoms with van der Waals surface area (Å²) < 4.78 is 18.4. The Kier molecular flexibility index (Phi) is 3.74. The Bertz CT molecular complexity index is 486. The molecule has 0 aliphatic carbocycles. The van der Waals surface area contributed by atoms with Crippen LogP contribution in [-0.2, 0) is 14.2 Å². The van der Waals surface area contributed by atoms with E-state index >= 15 is 0 Å². The molecule has 0 N–H and O–H groups in total. The van der Waals surface area contributed by atoms with Gasteiger partial charge in [-0.15, -0.1) is 11.8 Å². The molecule has 1 spiro atoms. The average molecular weight is 306 g/mol. The van der Waals surface area contributed by atoms with Crippen LogP contribution in [0.2, 0.25) is 0 Å². The van der Waals surface area contributed by atoms with Gasteiger partial charge in [-0.2, -0.15) is 0 Å². The van der Waals surface area contributed by atoms with E-state index < -0.39 is 0 Å². The molecule has 21 heavy (non-hydrogen) atoms. The first-order chi connectivity index (χ1) is 10.3. The van der Waals surface area contributed by atoms with Gasteiger partial charge in [0.15, 0.2) is 5.79 Å². The van der Waals surface area contributed by atoms with E-state index in [1.54, 1.807) is 0 Å². The minimum absolute atomic E-state index is 0.0774. The predicted octanol–water partition coefficient (Wildman–Crippen LogP) is 3.62. The molecule has 0 aromatic heterocycles. The number of fused-ring (bicyclic) bond motifs is 2. The smallest absolute Gasteiger partial charge is 0.173 e. The largest absolute Gasteiger partial charge is 0.370 e. The average Bonchev–Trinajstić information content (AvgIpc) is 2.93. The molecule has 3 saturated heterocycles. The normalized spacial score (nSPS) is 34.2. The lowest BCUT2D eigenvalue weighted by Crippen LogP contribution is -2.56. The summed E-state index contributed by atoms with van der Waals surface area (Å²) in [6.07, 6.45) is 5.63. The molecule has 1 aromatic rings. The Morgan fingerprint density at radius 1 is 1.14 bits per heavy atom. The summed E-state index contributed by atoms with van der Waals surface area (Å²) in [5, 5.41) is 0. The maximum absolute atomic E-state index is 6.44. The van der Waals surface area contributed by atoms with Gasteiger partial charge in [-0.3, -0.25) is 0 Å². The van der Waals surface area contributed by atoms with Crippen LogP contribution < -0.4 is 0 Å². The Morgan fingerprint density at radius 3 is 2.76 bits per heavy atom. The van der Waals surface area contributed by atoms with E-state index in [0.29, 0.717) is 6.10 Å². The van der Waals surface area contributed by atoms with Crippen LogP contribution in [0, 0.1) is 0 Å². The van der Waals surface area contributed by atoms with Crippen LogP contribution in [0.4, 0.5) is 0 Å². The van der Waals surface area contributed by atoms with Crippen LogP contribution in [-0.4, -0.2) is 36.5 Å². The second kappa shape index (κ2) is 5.58. The van der Waals surface area contributed by atoms with Gasteiger partial charge in [0.2, 0.25) is 0 Å². The molecule has 0 amide bonds. The summed E-state index contributed by atoms with van der Waals surface area (Å²) in [7, 11) is 0. The van der Waals surface area contributed by atoms with Crippen LogP contribution in [0.5, 0.6) is 0 Å². The minimum Gasteiger partial charge on any atom is -0.370 e. The van der Waals surface area contributed by atoms with E-state index in [9.17, 15) is 0 Å². The Hall–Kier alpha value is -0.550. The molecule has 2 atom stereocenters. The fourth-order valence-electron chi connectivity index (χ4n) is 3.91. The Balaban J connectivity index is 1.50. The SMILES string of the molecule is c1ccc(SC[C@]23CCC[C@H](CC4(C2)OCCO4)O3)cc1. The summed E-state index contributed by atoms with van der Waals surface area (Å²) in [5.74, 6) is 0.628. The van der Waals surface area contributed by atoms with Gasteiger partial charge in [0.25, 0.3) is 0 Å². The molecule has 4 heteroatoms. The first-order valence-corrected chi connectivity index (χ1v) is 8.90. The van der Waals surface area contributed by atoms with Crippen molar-refractivity contribution in [3.8, 4) is 0 Å². The summed E-state index contributed by atoms with van der Waals surface area (Å²) in [6.45, 7) is 1.46. The topological polar surface area (TPSA) is 27.7 Å². The van der Waals surface area contributed by atoms with Crippen molar-refractivity contribution in [1.82, 2.24) is 0 Å². The van der Waals surface area contributed by atoms with Crippen molar-refractivity contribution >= 4 is 11.8 Å². The molecule has 0 radical (unpaired) electrons. The second-order valence-corrected chi connectivity index (χ2v) is 7.45. The van der Waals surface area contributed by atoms with Crippen LogP contribution in [0.25, 0.3) is 0 Å². The summed E-state index contributed by atoms with van der Waals surface area (Å²) >= 11 is 1.89. The summed E-state index contributed by atoms with van der Waals surface area (Å²) in [5.41, 5.74) is -0.0774. The lowest BCUT2D eigenvalue weighted by Gasteiger charge is -2.51. The zero-order valence-electron chi connectivity index (χ0n) is 12.3. The number of hydrogen-bond donors (Lipinski definition) is 0. The molecule has 114 valence electrons. The lowest BCUT2D eigenvalue weighted by molar-refractivity contribution is -0.278. The molecule has 3 nitrogen and oxygen atoms in total. The van der Waals surface area contributed by atoms with Gasteiger partial charge in [-0.1, -0.05) is 18.2 Å². The molecular formula is C17H22O3S. The minimum atomic E-state index is -0.361. The zero-order chi connectivity index (χ0) is 14.2. The number of ether oxygens (including phenoxy) is 3. The van der Waals surface area contributed by atoms with Gasteiger partial charge in [-0.25, -0.2) is 0 Å². The fraction of sp³-hybridized carbons (Fsp3) is 0.647. The molecule has 3 aliphatic rings. The van der Waals surface area contributed by atoms with Crippen molar-refractivity contribution in [2.45, 2.75) is 54.5 Å². The quantitative estimate of drug-likeness (QED) is 0.797. The highest BCUT2D eigenvalue weighted by Gasteiger charge is 2.54. The molecule has 0 unspecified atom stereocenters. The van der Waals surface area contributed by atoms with E-state index in [2.05, 4.69) is 30.3 Å². The molecular weight excluding hydrogens is 284 g/mol. The number of hydrogen-bond acceptors (Lipinski definition) is 4. The molecule has 3 fully saturated rings. The highest BCUT2D eigenvalue weighted by atomic mass is 32.2. The molecule has 1 aromatic carbocycles. The fourth-order valence-corrected chi connectivity index (χ4v) is 5.01. The maximum atomic E-state index is 6.44. The third-order valence-corrected chi connectivity index (χ3v) is 6.04. The second-order valence-electron chi connectivity index (χ2n) is 6.41. The van der Waals surface area contributed by atoms with Crippen LogP contribution >= 0.6 is 11.8 Å². The summed E-state index contributed by atoms with van der Waals surface area (Å²) in [4.78, 5) is 1.31. The molecule has 2 bridgehead atoms. The van der Waals surface area contributed by atoms with E-state index in [4.69, 9.17) is 14.2 Å². The first-order valence-electron chi connectivity index (χ1n) is 7.91. The van der Waals surface area contributed by atoms with E-state index in [1.807, 2.05) is 11.8 Å². The van der Waals surface area contributed by atoms with Gasteiger partial charge in [0.05, 0.1) is 24.9 Å².